The highest BCUT2D eigenvalue weighted by Gasteiger charge is 2.17. The number of hydrogen-bond acceptors (Lipinski definition) is 5. The molecule has 0 spiro atoms. The summed E-state index contributed by atoms with van der Waals surface area (Å²) >= 11 is 5.04. The number of rotatable bonds is 4. The van der Waals surface area contributed by atoms with Crippen molar-refractivity contribution in [2.45, 2.75) is 6.42 Å². The molecule has 0 N–H and O–H groups in total. The summed E-state index contributed by atoms with van der Waals surface area (Å²) in [6, 6.07) is 0. The topological polar surface area (TPSA) is 6.48 Å². The summed E-state index contributed by atoms with van der Waals surface area (Å²) in [6.07, 6.45) is 1.20. The van der Waals surface area contributed by atoms with Crippen LogP contribution in [0.2, 0.25) is 0 Å². The van der Waals surface area contributed by atoms with E-state index in [1.165, 1.54) is 6.42 Å². The Hall–Kier alpha value is 0.450. The molecule has 12 heavy (non-hydrogen) atoms. The van der Waals surface area contributed by atoms with Crippen LogP contribution in [0.1, 0.15) is 6.42 Å². The third kappa shape index (κ3) is 3.45. The minimum absolute atomic E-state index is 1.12. The Labute approximate surface area is 87.0 Å². The average Bonchev–Trinajstić information content (AvgIpc) is 2.06. The standard InChI is InChI=1S/C7H12N2S3/c1-3-10-8-6-5-7-9(12-8)11-4-2/h3-4H,1-2,5-7H2. The van der Waals surface area contributed by atoms with Gasteiger partial charge in [0.2, 0.25) is 0 Å². The molecule has 0 aromatic carbocycles. The average molecular weight is 220 g/mol. The van der Waals surface area contributed by atoms with Crippen LogP contribution in [0.5, 0.6) is 0 Å². The SMILES string of the molecule is C=CSN1CCCN(SC=C)S1. The third-order valence-electron chi connectivity index (χ3n) is 1.25. The molecule has 0 aromatic heterocycles. The Bertz CT molecular complexity index is 147. The van der Waals surface area contributed by atoms with Gasteiger partial charge in [-0.05, 0) is 41.1 Å². The van der Waals surface area contributed by atoms with Gasteiger partial charge in [-0.2, -0.15) is 7.42 Å². The highest BCUT2D eigenvalue weighted by atomic mass is 32.3. The summed E-state index contributed by atoms with van der Waals surface area (Å²) in [5.41, 5.74) is 0. The second kappa shape index (κ2) is 5.99. The maximum atomic E-state index is 3.69. The predicted molar refractivity (Wildman–Crippen MR) is 61.2 cm³/mol. The highest BCUT2D eigenvalue weighted by Crippen LogP contribution is 2.34. The van der Waals surface area contributed by atoms with Crippen molar-refractivity contribution in [1.82, 2.24) is 7.42 Å². The fourth-order valence-corrected chi connectivity index (χ4v) is 3.53. The van der Waals surface area contributed by atoms with E-state index in [0.29, 0.717) is 0 Å². The van der Waals surface area contributed by atoms with Crippen molar-refractivity contribution >= 4 is 36.0 Å². The molecule has 0 radical (unpaired) electrons. The lowest BCUT2D eigenvalue weighted by atomic mass is 10.4. The van der Waals surface area contributed by atoms with Gasteiger partial charge in [-0.1, -0.05) is 13.2 Å². The van der Waals surface area contributed by atoms with Crippen molar-refractivity contribution in [2.24, 2.45) is 0 Å². The van der Waals surface area contributed by atoms with E-state index in [0.717, 1.165) is 13.1 Å². The Balaban J connectivity index is 2.29. The van der Waals surface area contributed by atoms with Gasteiger partial charge in [-0.3, -0.25) is 0 Å². The summed E-state index contributed by atoms with van der Waals surface area (Å²) in [7, 11) is 0. The van der Waals surface area contributed by atoms with Crippen molar-refractivity contribution in [2.75, 3.05) is 13.1 Å². The Morgan fingerprint density at radius 3 is 2.00 bits per heavy atom. The van der Waals surface area contributed by atoms with Crippen LogP contribution in [0.15, 0.2) is 24.0 Å². The number of hydrogen-bond donors (Lipinski definition) is 0. The van der Waals surface area contributed by atoms with Gasteiger partial charge in [0.1, 0.15) is 0 Å². The van der Waals surface area contributed by atoms with E-state index in [2.05, 4.69) is 20.6 Å². The first kappa shape index (κ1) is 10.5. The Morgan fingerprint density at radius 1 is 1.08 bits per heavy atom. The van der Waals surface area contributed by atoms with E-state index < -0.39 is 0 Å². The van der Waals surface area contributed by atoms with Crippen molar-refractivity contribution in [1.29, 1.82) is 0 Å². The first-order chi connectivity index (χ1) is 5.86. The molecule has 0 saturated carbocycles. The smallest absolute Gasteiger partial charge is 0.0316 e. The van der Waals surface area contributed by atoms with Crippen LogP contribution in [-0.2, 0) is 0 Å². The fraction of sp³-hybridized carbons (Fsp3) is 0.429. The molecule has 2 nitrogen and oxygen atoms in total. The van der Waals surface area contributed by atoms with E-state index in [-0.39, 0.29) is 0 Å². The van der Waals surface area contributed by atoms with Gasteiger partial charge in [0.15, 0.2) is 0 Å². The second-order valence-electron chi connectivity index (χ2n) is 2.09. The summed E-state index contributed by atoms with van der Waals surface area (Å²) in [4.78, 5) is 0. The van der Waals surface area contributed by atoms with E-state index >= 15 is 0 Å². The lowest BCUT2D eigenvalue weighted by Gasteiger charge is -2.29. The van der Waals surface area contributed by atoms with Crippen LogP contribution in [-0.4, -0.2) is 20.5 Å². The lowest BCUT2D eigenvalue weighted by Crippen LogP contribution is -2.25. The Morgan fingerprint density at radius 2 is 1.58 bits per heavy atom. The largest absolute Gasteiger partial charge is 0.176 e. The van der Waals surface area contributed by atoms with E-state index in [1.54, 1.807) is 36.0 Å². The van der Waals surface area contributed by atoms with E-state index in [4.69, 9.17) is 0 Å². The monoisotopic (exact) mass is 220 g/mol. The maximum Gasteiger partial charge on any atom is 0.0316 e. The van der Waals surface area contributed by atoms with E-state index in [1.807, 2.05) is 10.8 Å². The molecule has 0 aliphatic carbocycles. The van der Waals surface area contributed by atoms with Gasteiger partial charge in [0.25, 0.3) is 0 Å². The minimum Gasteiger partial charge on any atom is -0.176 e. The van der Waals surface area contributed by atoms with Crippen LogP contribution < -0.4 is 0 Å². The van der Waals surface area contributed by atoms with Crippen LogP contribution in [0.3, 0.4) is 0 Å². The van der Waals surface area contributed by atoms with Gasteiger partial charge in [0.05, 0.1) is 0 Å². The van der Waals surface area contributed by atoms with Crippen LogP contribution in [0.25, 0.3) is 0 Å². The molecule has 0 aromatic rings. The number of nitrogens with zero attached hydrogens (tertiary/aromatic N) is 2. The van der Waals surface area contributed by atoms with Crippen molar-refractivity contribution in [3.63, 3.8) is 0 Å². The molecule has 68 valence electrons. The summed E-state index contributed by atoms with van der Waals surface area (Å²) in [5.74, 6) is 0. The molecule has 1 aliphatic rings. The van der Waals surface area contributed by atoms with Crippen LogP contribution >= 0.6 is 36.0 Å². The first-order valence-electron chi connectivity index (χ1n) is 3.65. The van der Waals surface area contributed by atoms with Crippen LogP contribution in [0.4, 0.5) is 0 Å². The molecule has 0 amide bonds. The quantitative estimate of drug-likeness (QED) is 0.669. The third-order valence-corrected chi connectivity index (χ3v) is 4.03. The molecule has 1 fully saturated rings. The zero-order valence-electron chi connectivity index (χ0n) is 6.81. The molecule has 5 heteroatoms. The van der Waals surface area contributed by atoms with E-state index in [9.17, 15) is 0 Å². The van der Waals surface area contributed by atoms with Gasteiger partial charge in [-0.15, -0.1) is 0 Å². The van der Waals surface area contributed by atoms with Gasteiger partial charge in [0, 0.05) is 25.2 Å². The first-order valence-corrected chi connectivity index (χ1v) is 6.05. The molecule has 1 saturated heterocycles. The van der Waals surface area contributed by atoms with Gasteiger partial charge < -0.3 is 0 Å². The molecular weight excluding hydrogens is 208 g/mol. The van der Waals surface area contributed by atoms with Crippen LogP contribution in [0, 0.1) is 0 Å². The molecule has 0 unspecified atom stereocenters. The second-order valence-corrected chi connectivity index (χ2v) is 5.57. The highest BCUT2D eigenvalue weighted by molar-refractivity contribution is 8.18. The van der Waals surface area contributed by atoms with Gasteiger partial charge >= 0.3 is 0 Å². The van der Waals surface area contributed by atoms with Gasteiger partial charge in [-0.25, -0.2) is 0 Å². The molecule has 0 bridgehead atoms. The zero-order chi connectivity index (χ0) is 8.81. The molecule has 1 heterocycles. The van der Waals surface area contributed by atoms with Crippen molar-refractivity contribution in [3.8, 4) is 0 Å². The molecule has 0 atom stereocenters. The Kier molecular flexibility index (Phi) is 5.25. The molecule has 1 aliphatic heterocycles. The fourth-order valence-electron chi connectivity index (χ4n) is 0.822. The predicted octanol–water partition coefficient (Wildman–Crippen LogP) is 3.14. The molecule has 1 rings (SSSR count). The normalized spacial score (nSPS) is 20.7. The lowest BCUT2D eigenvalue weighted by molar-refractivity contribution is 0.554. The molecular formula is C7H12N2S3. The summed E-state index contributed by atoms with van der Waals surface area (Å²) < 4.78 is 4.43. The zero-order valence-corrected chi connectivity index (χ0v) is 9.26. The summed E-state index contributed by atoms with van der Waals surface area (Å²) in [5, 5.41) is 3.71. The summed E-state index contributed by atoms with van der Waals surface area (Å²) in [6.45, 7) is 9.62. The van der Waals surface area contributed by atoms with Crippen molar-refractivity contribution in [3.05, 3.63) is 24.0 Å². The maximum absolute atomic E-state index is 3.69. The minimum atomic E-state index is 1.12. The van der Waals surface area contributed by atoms with Crippen molar-refractivity contribution < 1.29 is 0 Å².